The van der Waals surface area contributed by atoms with Gasteiger partial charge in [-0.05, 0) is 6.92 Å². The summed E-state index contributed by atoms with van der Waals surface area (Å²) in [7, 11) is 0. The van der Waals surface area contributed by atoms with Gasteiger partial charge in [-0.25, -0.2) is 4.79 Å². The summed E-state index contributed by atoms with van der Waals surface area (Å²) in [5.41, 5.74) is 3.86. The summed E-state index contributed by atoms with van der Waals surface area (Å²) in [6, 6.07) is 0. The third-order valence-electron chi connectivity index (χ3n) is 2.84. The van der Waals surface area contributed by atoms with Gasteiger partial charge in [-0.15, -0.1) is 0 Å². The van der Waals surface area contributed by atoms with E-state index in [-0.39, 0.29) is 13.0 Å². The quantitative estimate of drug-likeness (QED) is 0.499. The van der Waals surface area contributed by atoms with Crippen molar-refractivity contribution in [2.24, 2.45) is 0 Å². The first-order chi connectivity index (χ1) is 9.02. The maximum Gasteiger partial charge on any atom is 0.330 e. The predicted octanol–water partition coefficient (Wildman–Crippen LogP) is -1.18. The topological polar surface area (TPSA) is 145 Å². The lowest BCUT2D eigenvalue weighted by atomic mass is 10.2. The summed E-state index contributed by atoms with van der Waals surface area (Å²) < 4.78 is 6.54. The van der Waals surface area contributed by atoms with Crippen LogP contribution in [0.5, 0.6) is 0 Å². The summed E-state index contributed by atoms with van der Waals surface area (Å²) in [6.45, 7) is 1.26. The van der Waals surface area contributed by atoms with Crippen LogP contribution in [0.15, 0.2) is 15.8 Å². The molecular formula is C10H15N3O6. The lowest BCUT2D eigenvalue weighted by molar-refractivity contribution is -0.0459. The molecule has 0 aromatic carbocycles. The van der Waals surface area contributed by atoms with E-state index in [1.54, 1.807) is 6.92 Å². The Morgan fingerprint density at radius 3 is 2.68 bits per heavy atom. The Kier molecular flexibility index (Phi) is 5.10. The fourth-order valence-corrected chi connectivity index (χ4v) is 1.85. The van der Waals surface area contributed by atoms with E-state index in [9.17, 15) is 14.7 Å². The highest BCUT2D eigenvalue weighted by atomic mass is 16.5. The molecule has 1 fully saturated rings. The highest BCUT2D eigenvalue weighted by Crippen LogP contribution is 2.27. The van der Waals surface area contributed by atoms with Crippen molar-refractivity contribution in [1.29, 1.82) is 5.59 Å². The maximum absolute atomic E-state index is 11.6. The van der Waals surface area contributed by atoms with Gasteiger partial charge in [-0.2, -0.15) is 4.91 Å². The Balaban J connectivity index is 0.000000861. The molecular weight excluding hydrogens is 258 g/mol. The molecule has 9 heteroatoms. The van der Waals surface area contributed by atoms with Crippen LogP contribution in [0.25, 0.3) is 0 Å². The molecule has 0 radical (unpaired) electrons. The molecule has 1 aromatic rings. The minimum Gasteiger partial charge on any atom is -0.394 e. The molecule has 0 saturated carbocycles. The normalized spacial score (nSPS) is 25.7. The Bertz CT molecular complexity index is 539. The summed E-state index contributed by atoms with van der Waals surface area (Å²) in [4.78, 5) is 32.4. The van der Waals surface area contributed by atoms with Gasteiger partial charge in [0.25, 0.3) is 5.56 Å². The van der Waals surface area contributed by atoms with Crippen molar-refractivity contribution in [3.05, 3.63) is 37.5 Å². The van der Waals surface area contributed by atoms with Gasteiger partial charge in [-0.1, -0.05) is 5.59 Å². The second-order valence-corrected chi connectivity index (χ2v) is 4.09. The zero-order chi connectivity index (χ0) is 14.6. The van der Waals surface area contributed by atoms with Crippen molar-refractivity contribution in [2.45, 2.75) is 31.8 Å². The first kappa shape index (κ1) is 15.2. The highest BCUT2D eigenvalue weighted by Gasteiger charge is 2.34. The van der Waals surface area contributed by atoms with E-state index in [1.807, 2.05) is 0 Å². The molecule has 1 saturated heterocycles. The van der Waals surface area contributed by atoms with Crippen molar-refractivity contribution in [2.75, 3.05) is 6.61 Å². The molecule has 0 bridgehead atoms. The van der Waals surface area contributed by atoms with Crippen LogP contribution < -0.4 is 11.2 Å². The van der Waals surface area contributed by atoms with E-state index in [0.29, 0.717) is 5.56 Å². The summed E-state index contributed by atoms with van der Waals surface area (Å²) in [5.74, 6) is 0. The number of aryl methyl sites for hydroxylation is 1. The Morgan fingerprint density at radius 1 is 1.53 bits per heavy atom. The predicted molar refractivity (Wildman–Crippen MR) is 63.8 cm³/mol. The number of hydrogen-bond acceptors (Lipinski definition) is 7. The Morgan fingerprint density at radius 2 is 2.16 bits per heavy atom. The molecule has 0 spiro atoms. The highest BCUT2D eigenvalue weighted by molar-refractivity contribution is 5.02. The number of nitrogens with zero attached hydrogens (tertiary/aromatic N) is 1. The summed E-state index contributed by atoms with van der Waals surface area (Å²) in [6.07, 6.45) is -0.581. The van der Waals surface area contributed by atoms with E-state index >= 15 is 0 Å². The van der Waals surface area contributed by atoms with Crippen LogP contribution >= 0.6 is 0 Å². The smallest absolute Gasteiger partial charge is 0.330 e. The van der Waals surface area contributed by atoms with Crippen molar-refractivity contribution in [1.82, 2.24) is 9.55 Å². The second kappa shape index (κ2) is 6.36. The van der Waals surface area contributed by atoms with E-state index in [0.717, 1.165) is 0 Å². The van der Waals surface area contributed by atoms with E-state index in [1.165, 1.54) is 10.8 Å². The molecule has 4 N–H and O–H groups in total. The number of hydrogen-bond donors (Lipinski definition) is 4. The molecule has 1 aliphatic heterocycles. The van der Waals surface area contributed by atoms with E-state index in [4.69, 9.17) is 14.8 Å². The SMILES string of the molecule is Cc1cn([C@H]2C[C@H](O)[C@@H](CO)O2)c(=O)[nH]c1=O.N=O. The molecule has 0 unspecified atom stereocenters. The number of aliphatic hydroxyl groups is 2. The number of nitrogens with one attached hydrogen (secondary N) is 2. The van der Waals surface area contributed by atoms with Crippen LogP contribution in [0.2, 0.25) is 0 Å². The molecule has 3 atom stereocenters. The third-order valence-corrected chi connectivity index (χ3v) is 2.84. The monoisotopic (exact) mass is 273 g/mol. The lowest BCUT2D eigenvalue weighted by Gasteiger charge is -2.14. The first-order valence-corrected chi connectivity index (χ1v) is 5.49. The van der Waals surface area contributed by atoms with Gasteiger partial charge in [0.05, 0.1) is 12.7 Å². The van der Waals surface area contributed by atoms with Crippen LogP contribution in [-0.4, -0.2) is 38.6 Å². The van der Waals surface area contributed by atoms with Gasteiger partial charge in [0.15, 0.2) is 0 Å². The molecule has 0 aliphatic carbocycles. The third kappa shape index (κ3) is 3.13. The van der Waals surface area contributed by atoms with Crippen LogP contribution in [0.4, 0.5) is 0 Å². The fourth-order valence-electron chi connectivity index (χ4n) is 1.85. The largest absolute Gasteiger partial charge is 0.394 e. The minimum atomic E-state index is -0.816. The lowest BCUT2D eigenvalue weighted by Crippen LogP contribution is -2.33. The molecule has 1 aromatic heterocycles. The number of H-pyrrole nitrogens is 1. The Labute approximate surface area is 107 Å². The number of rotatable bonds is 2. The van der Waals surface area contributed by atoms with Crippen LogP contribution in [0.1, 0.15) is 18.2 Å². The van der Waals surface area contributed by atoms with Crippen molar-refractivity contribution >= 4 is 0 Å². The molecule has 2 heterocycles. The number of aromatic amines is 1. The molecule has 9 nitrogen and oxygen atoms in total. The number of ether oxygens (including phenoxy) is 1. The van der Waals surface area contributed by atoms with Gasteiger partial charge in [-0.3, -0.25) is 14.3 Å². The van der Waals surface area contributed by atoms with Crippen LogP contribution in [0.3, 0.4) is 0 Å². The molecule has 2 rings (SSSR count). The Hall–Kier alpha value is -1.84. The van der Waals surface area contributed by atoms with Gasteiger partial charge < -0.3 is 14.9 Å². The number of nitroso groups, excluding NO2 is 1. The van der Waals surface area contributed by atoms with Crippen molar-refractivity contribution in [3.63, 3.8) is 0 Å². The fraction of sp³-hybridized carbons (Fsp3) is 0.600. The zero-order valence-corrected chi connectivity index (χ0v) is 10.2. The van der Waals surface area contributed by atoms with Crippen LogP contribution in [0, 0.1) is 17.4 Å². The number of aromatic nitrogens is 2. The average molecular weight is 273 g/mol. The second-order valence-electron chi connectivity index (χ2n) is 4.09. The van der Waals surface area contributed by atoms with Gasteiger partial charge >= 0.3 is 5.69 Å². The maximum atomic E-state index is 11.6. The van der Waals surface area contributed by atoms with Crippen LogP contribution in [-0.2, 0) is 4.74 Å². The molecule has 106 valence electrons. The first-order valence-electron chi connectivity index (χ1n) is 5.49. The minimum absolute atomic E-state index is 0.205. The standard InChI is InChI=1S/C10H14N2O5.HNO/c1-5-3-12(10(16)11-9(5)15)8-2-6(14)7(4-13)17-8;1-2/h3,6-8,13-14H,2,4H2,1H3,(H,11,15,16);1H/t6-,7+,8+;/m0./s1. The van der Waals surface area contributed by atoms with E-state index in [2.05, 4.69) is 10.6 Å². The van der Waals surface area contributed by atoms with Gasteiger partial charge in [0.1, 0.15) is 12.3 Å². The van der Waals surface area contributed by atoms with E-state index < -0.39 is 29.7 Å². The van der Waals surface area contributed by atoms with Gasteiger partial charge in [0.2, 0.25) is 0 Å². The molecule has 19 heavy (non-hydrogen) atoms. The molecule has 0 amide bonds. The summed E-state index contributed by atoms with van der Waals surface area (Å²) in [5, 5.41) is 18.5. The molecule has 1 aliphatic rings. The zero-order valence-electron chi connectivity index (χ0n) is 10.2. The van der Waals surface area contributed by atoms with Gasteiger partial charge in [0, 0.05) is 18.2 Å². The average Bonchev–Trinajstić information content (AvgIpc) is 2.77. The summed E-state index contributed by atoms with van der Waals surface area (Å²) >= 11 is 0. The van der Waals surface area contributed by atoms with Crippen molar-refractivity contribution in [3.8, 4) is 0 Å². The van der Waals surface area contributed by atoms with Crippen molar-refractivity contribution < 1.29 is 14.9 Å². The number of aliphatic hydroxyl groups excluding tert-OH is 2.